The molecule has 3 aromatic heterocycles. The third kappa shape index (κ3) is 3.78. The molecule has 0 radical (unpaired) electrons. The number of carbonyl (C=O) groups is 1. The number of ether oxygens (including phenoxy) is 1. The number of benzene rings is 2. The average Bonchev–Trinajstić information content (AvgIpc) is 3.43. The van der Waals surface area contributed by atoms with Gasteiger partial charge in [0.15, 0.2) is 5.13 Å². The highest BCUT2D eigenvalue weighted by atomic mass is 32.1. The Labute approximate surface area is 176 Å². The average molecular weight is 412 g/mol. The Morgan fingerprint density at radius 3 is 2.87 bits per heavy atom. The van der Waals surface area contributed by atoms with Gasteiger partial charge in [-0.1, -0.05) is 18.2 Å². The second kappa shape index (κ2) is 7.81. The van der Waals surface area contributed by atoms with E-state index in [9.17, 15) is 4.79 Å². The smallest absolute Gasteiger partial charge is 0.343 e. The lowest BCUT2D eigenvalue weighted by molar-refractivity contribution is 0.0735. The van der Waals surface area contributed by atoms with E-state index in [1.165, 1.54) is 11.3 Å². The molecular formula is C23H16N4O2S. The van der Waals surface area contributed by atoms with Gasteiger partial charge in [0.2, 0.25) is 0 Å². The zero-order valence-electron chi connectivity index (χ0n) is 15.7. The third-order valence-corrected chi connectivity index (χ3v) is 5.28. The minimum atomic E-state index is -0.407. The molecule has 0 aliphatic rings. The van der Waals surface area contributed by atoms with Gasteiger partial charge in [0, 0.05) is 35.0 Å². The SMILES string of the molecule is O=C(Oc1cccc(Nc2nc(-c3ccccn3)cs2)c1)c1ccc2cc[nH]c2c1. The predicted octanol–water partition coefficient (Wildman–Crippen LogP) is 5.65. The highest BCUT2D eigenvalue weighted by Crippen LogP contribution is 2.27. The number of fused-ring (bicyclic) bond motifs is 1. The molecule has 0 aliphatic heterocycles. The maximum atomic E-state index is 12.5. The summed E-state index contributed by atoms with van der Waals surface area (Å²) in [6, 6.07) is 20.4. The van der Waals surface area contributed by atoms with E-state index in [-0.39, 0.29) is 0 Å². The Kier molecular flexibility index (Phi) is 4.71. The number of H-pyrrole nitrogens is 1. The third-order valence-electron chi connectivity index (χ3n) is 4.52. The van der Waals surface area contributed by atoms with Gasteiger partial charge in [-0.3, -0.25) is 4.98 Å². The largest absolute Gasteiger partial charge is 0.423 e. The van der Waals surface area contributed by atoms with Crippen molar-refractivity contribution in [3.8, 4) is 17.1 Å². The summed E-state index contributed by atoms with van der Waals surface area (Å²) in [4.78, 5) is 24.5. The van der Waals surface area contributed by atoms with Crippen molar-refractivity contribution in [1.29, 1.82) is 0 Å². The number of aromatic nitrogens is 3. The molecule has 0 spiro atoms. The number of pyridine rings is 1. The molecule has 0 aliphatic carbocycles. The van der Waals surface area contributed by atoms with E-state index in [1.54, 1.807) is 30.5 Å². The van der Waals surface area contributed by atoms with Gasteiger partial charge in [-0.05, 0) is 47.9 Å². The molecule has 0 saturated carbocycles. The summed E-state index contributed by atoms with van der Waals surface area (Å²) < 4.78 is 5.56. The summed E-state index contributed by atoms with van der Waals surface area (Å²) in [5.41, 5.74) is 3.80. The van der Waals surface area contributed by atoms with E-state index in [0.717, 1.165) is 33.1 Å². The topological polar surface area (TPSA) is 79.9 Å². The fourth-order valence-corrected chi connectivity index (χ4v) is 3.79. The summed E-state index contributed by atoms with van der Waals surface area (Å²) in [7, 11) is 0. The van der Waals surface area contributed by atoms with Crippen molar-refractivity contribution in [2.75, 3.05) is 5.32 Å². The molecule has 2 N–H and O–H groups in total. The molecule has 2 aromatic carbocycles. The number of anilines is 2. The van der Waals surface area contributed by atoms with Crippen molar-refractivity contribution in [2.45, 2.75) is 0 Å². The first-order chi connectivity index (χ1) is 14.7. The summed E-state index contributed by atoms with van der Waals surface area (Å²) in [5.74, 6) is 0.0495. The number of thiazole rings is 1. The maximum Gasteiger partial charge on any atom is 0.343 e. The summed E-state index contributed by atoms with van der Waals surface area (Å²) in [5, 5.41) is 6.98. The van der Waals surface area contributed by atoms with Crippen LogP contribution in [0.25, 0.3) is 22.3 Å². The molecule has 6 nitrogen and oxygen atoms in total. The fraction of sp³-hybridized carbons (Fsp3) is 0. The second-order valence-corrected chi connectivity index (χ2v) is 7.43. The molecule has 5 aromatic rings. The Bertz CT molecular complexity index is 1330. The minimum Gasteiger partial charge on any atom is -0.423 e. The number of nitrogens with zero attached hydrogens (tertiary/aromatic N) is 2. The highest BCUT2D eigenvalue weighted by Gasteiger charge is 2.11. The lowest BCUT2D eigenvalue weighted by atomic mass is 10.1. The first-order valence-corrected chi connectivity index (χ1v) is 10.2. The number of esters is 1. The minimum absolute atomic E-state index is 0.407. The number of hydrogen-bond donors (Lipinski definition) is 2. The Morgan fingerprint density at radius 1 is 1.00 bits per heavy atom. The van der Waals surface area contributed by atoms with Crippen LogP contribution in [0.3, 0.4) is 0 Å². The molecule has 0 bridgehead atoms. The van der Waals surface area contributed by atoms with Gasteiger partial charge in [-0.2, -0.15) is 0 Å². The van der Waals surface area contributed by atoms with Crippen LogP contribution in [0.1, 0.15) is 10.4 Å². The molecular weight excluding hydrogens is 396 g/mol. The van der Waals surface area contributed by atoms with Gasteiger partial charge in [0.25, 0.3) is 0 Å². The molecule has 30 heavy (non-hydrogen) atoms. The first kappa shape index (κ1) is 18.1. The summed E-state index contributed by atoms with van der Waals surface area (Å²) in [6.45, 7) is 0. The van der Waals surface area contributed by atoms with Crippen LogP contribution in [0.2, 0.25) is 0 Å². The van der Waals surface area contributed by atoms with Crippen molar-refractivity contribution in [1.82, 2.24) is 15.0 Å². The molecule has 146 valence electrons. The van der Waals surface area contributed by atoms with Gasteiger partial charge >= 0.3 is 5.97 Å². The normalized spacial score (nSPS) is 10.8. The van der Waals surface area contributed by atoms with Crippen molar-refractivity contribution in [2.24, 2.45) is 0 Å². The zero-order chi connectivity index (χ0) is 20.3. The quantitative estimate of drug-likeness (QED) is 0.288. The molecule has 7 heteroatoms. The van der Waals surface area contributed by atoms with Crippen molar-refractivity contribution in [3.63, 3.8) is 0 Å². The van der Waals surface area contributed by atoms with Crippen LogP contribution in [0.15, 0.2) is 84.5 Å². The number of aromatic amines is 1. The first-order valence-electron chi connectivity index (χ1n) is 9.28. The molecule has 3 heterocycles. The molecule has 5 rings (SSSR count). The molecule has 0 atom stereocenters. The van der Waals surface area contributed by atoms with Gasteiger partial charge in [-0.25, -0.2) is 9.78 Å². The Hall–Kier alpha value is -3.97. The van der Waals surface area contributed by atoms with Gasteiger partial charge < -0.3 is 15.0 Å². The number of rotatable bonds is 5. The summed E-state index contributed by atoms with van der Waals surface area (Å²) >= 11 is 1.48. The fourth-order valence-electron chi connectivity index (χ4n) is 3.06. The van der Waals surface area contributed by atoms with E-state index in [0.29, 0.717) is 11.3 Å². The van der Waals surface area contributed by atoms with Crippen LogP contribution in [0.4, 0.5) is 10.8 Å². The Morgan fingerprint density at radius 2 is 1.97 bits per heavy atom. The molecule has 0 amide bonds. The van der Waals surface area contributed by atoms with Gasteiger partial charge in [0.05, 0.1) is 11.3 Å². The van der Waals surface area contributed by atoms with Gasteiger partial charge in [-0.15, -0.1) is 11.3 Å². The number of hydrogen-bond acceptors (Lipinski definition) is 6. The van der Waals surface area contributed by atoms with E-state index in [2.05, 4.69) is 20.3 Å². The van der Waals surface area contributed by atoms with Crippen LogP contribution in [0, 0.1) is 0 Å². The monoisotopic (exact) mass is 412 g/mol. The molecule has 0 saturated heterocycles. The van der Waals surface area contributed by atoms with Crippen LogP contribution in [-0.2, 0) is 0 Å². The standard InChI is InChI=1S/C23H16N4O2S/c28-22(16-8-7-15-9-11-25-20(15)12-16)29-18-5-3-4-17(13-18)26-23-27-21(14-30-23)19-6-1-2-10-24-19/h1-14,25H,(H,26,27). The van der Waals surface area contributed by atoms with E-state index in [4.69, 9.17) is 4.74 Å². The van der Waals surface area contributed by atoms with Crippen LogP contribution in [-0.4, -0.2) is 20.9 Å². The molecule has 0 unspecified atom stereocenters. The van der Waals surface area contributed by atoms with E-state index in [1.807, 2.05) is 54.0 Å². The van der Waals surface area contributed by atoms with Crippen molar-refractivity contribution in [3.05, 3.63) is 90.1 Å². The lowest BCUT2D eigenvalue weighted by Crippen LogP contribution is -2.08. The lowest BCUT2D eigenvalue weighted by Gasteiger charge is -2.07. The van der Waals surface area contributed by atoms with Gasteiger partial charge in [0.1, 0.15) is 11.4 Å². The number of nitrogens with one attached hydrogen (secondary N) is 2. The summed E-state index contributed by atoms with van der Waals surface area (Å²) in [6.07, 6.45) is 3.58. The molecule has 0 fully saturated rings. The number of carbonyl (C=O) groups excluding carboxylic acids is 1. The van der Waals surface area contributed by atoms with Crippen LogP contribution >= 0.6 is 11.3 Å². The highest BCUT2D eigenvalue weighted by molar-refractivity contribution is 7.14. The predicted molar refractivity (Wildman–Crippen MR) is 118 cm³/mol. The Balaban J connectivity index is 1.30. The van der Waals surface area contributed by atoms with Crippen molar-refractivity contribution >= 4 is 39.0 Å². The van der Waals surface area contributed by atoms with Crippen molar-refractivity contribution < 1.29 is 9.53 Å². The maximum absolute atomic E-state index is 12.5. The zero-order valence-corrected chi connectivity index (χ0v) is 16.5. The van der Waals surface area contributed by atoms with E-state index >= 15 is 0 Å². The van der Waals surface area contributed by atoms with Crippen LogP contribution < -0.4 is 10.1 Å². The second-order valence-electron chi connectivity index (χ2n) is 6.57. The van der Waals surface area contributed by atoms with Crippen LogP contribution in [0.5, 0.6) is 5.75 Å². The van der Waals surface area contributed by atoms with E-state index < -0.39 is 5.97 Å².